The van der Waals surface area contributed by atoms with Crippen molar-refractivity contribution in [3.8, 4) is 5.75 Å². The first kappa shape index (κ1) is 14.3. The molecule has 1 aliphatic heterocycles. The maximum atomic E-state index is 6.14. The van der Waals surface area contributed by atoms with Crippen molar-refractivity contribution in [2.75, 3.05) is 6.54 Å². The van der Waals surface area contributed by atoms with Crippen LogP contribution in [0.2, 0.25) is 0 Å². The maximum absolute atomic E-state index is 6.14. The zero-order chi connectivity index (χ0) is 13.7. The zero-order valence-corrected chi connectivity index (χ0v) is 12.1. The molecule has 1 aliphatic rings. The lowest BCUT2D eigenvalue weighted by Crippen LogP contribution is -2.36. The fourth-order valence-electron chi connectivity index (χ4n) is 2.54. The molecule has 1 saturated heterocycles. The molecule has 0 saturated carbocycles. The smallest absolute Gasteiger partial charge is 0.142 e. The van der Waals surface area contributed by atoms with Gasteiger partial charge in [0.25, 0.3) is 0 Å². The van der Waals surface area contributed by atoms with Gasteiger partial charge in [-0.15, -0.1) is 0 Å². The minimum Gasteiger partial charge on any atom is -0.488 e. The van der Waals surface area contributed by atoms with Gasteiger partial charge in [0.05, 0.1) is 18.4 Å². The molecule has 2 atom stereocenters. The predicted octanol–water partition coefficient (Wildman–Crippen LogP) is 2.53. The zero-order valence-electron chi connectivity index (χ0n) is 12.1. The number of hydrogen-bond donors (Lipinski definition) is 1. The van der Waals surface area contributed by atoms with Crippen molar-refractivity contribution in [2.45, 2.75) is 58.5 Å². The number of nitrogens with one attached hydrogen (secondary N) is 1. The number of hydrogen-bond acceptors (Lipinski definition) is 4. The second kappa shape index (κ2) is 6.87. The summed E-state index contributed by atoms with van der Waals surface area (Å²) in [5.74, 6) is 0.898. The van der Waals surface area contributed by atoms with E-state index in [0.29, 0.717) is 0 Å². The van der Waals surface area contributed by atoms with Crippen LogP contribution in [0.15, 0.2) is 18.5 Å². The van der Waals surface area contributed by atoms with Gasteiger partial charge < -0.3 is 14.8 Å². The summed E-state index contributed by atoms with van der Waals surface area (Å²) in [6.45, 7) is 8.09. The van der Waals surface area contributed by atoms with Gasteiger partial charge in [-0.25, -0.2) is 0 Å². The largest absolute Gasteiger partial charge is 0.488 e. The normalized spacial score (nSPS) is 27.2. The van der Waals surface area contributed by atoms with Gasteiger partial charge in [-0.1, -0.05) is 6.92 Å². The third kappa shape index (κ3) is 4.18. The van der Waals surface area contributed by atoms with Gasteiger partial charge in [-0.05, 0) is 26.5 Å². The Morgan fingerprint density at radius 3 is 2.79 bits per heavy atom. The number of ether oxygens (including phenoxy) is 2. The van der Waals surface area contributed by atoms with E-state index in [1.54, 1.807) is 0 Å². The average molecular weight is 264 g/mol. The van der Waals surface area contributed by atoms with Gasteiger partial charge in [0, 0.05) is 31.1 Å². The molecule has 2 rings (SSSR count). The number of rotatable bonds is 5. The second-order valence-corrected chi connectivity index (χ2v) is 5.23. The Morgan fingerprint density at radius 2 is 2.11 bits per heavy atom. The van der Waals surface area contributed by atoms with E-state index in [0.717, 1.165) is 31.7 Å². The first-order valence-corrected chi connectivity index (χ1v) is 7.14. The molecule has 0 radical (unpaired) electrons. The molecule has 0 aromatic carbocycles. The Morgan fingerprint density at radius 1 is 1.37 bits per heavy atom. The molecule has 0 amide bonds. The molecule has 1 aromatic heterocycles. The van der Waals surface area contributed by atoms with E-state index in [4.69, 9.17) is 9.47 Å². The van der Waals surface area contributed by atoms with Crippen LogP contribution in [-0.2, 0) is 11.3 Å². The van der Waals surface area contributed by atoms with E-state index in [-0.39, 0.29) is 18.3 Å². The standard InChI is InChI=1S/C15H24N2O2/c1-4-16-9-13-5-6-17-10-15(13)19-14-7-11(2)18-12(3)8-14/h5-6,10-12,14,16H,4,7-9H2,1-3H3. The lowest BCUT2D eigenvalue weighted by atomic mass is 10.0. The van der Waals surface area contributed by atoms with Crippen molar-refractivity contribution in [1.82, 2.24) is 10.3 Å². The van der Waals surface area contributed by atoms with Crippen LogP contribution in [0.1, 0.15) is 39.2 Å². The maximum Gasteiger partial charge on any atom is 0.142 e. The van der Waals surface area contributed by atoms with Crippen LogP contribution in [0.5, 0.6) is 5.75 Å². The topological polar surface area (TPSA) is 43.4 Å². The Balaban J connectivity index is 2.01. The van der Waals surface area contributed by atoms with Crippen LogP contribution in [0.4, 0.5) is 0 Å². The summed E-state index contributed by atoms with van der Waals surface area (Å²) in [5.41, 5.74) is 1.17. The van der Waals surface area contributed by atoms with Crippen LogP contribution in [-0.4, -0.2) is 29.8 Å². The van der Waals surface area contributed by atoms with E-state index < -0.39 is 0 Å². The molecule has 0 spiro atoms. The fourth-order valence-corrected chi connectivity index (χ4v) is 2.54. The second-order valence-electron chi connectivity index (χ2n) is 5.23. The summed E-state index contributed by atoms with van der Waals surface area (Å²) >= 11 is 0. The van der Waals surface area contributed by atoms with Gasteiger partial charge in [-0.2, -0.15) is 0 Å². The highest BCUT2D eigenvalue weighted by Gasteiger charge is 2.26. The highest BCUT2D eigenvalue weighted by Crippen LogP contribution is 2.25. The quantitative estimate of drug-likeness (QED) is 0.887. The third-order valence-electron chi connectivity index (χ3n) is 3.38. The molecule has 0 bridgehead atoms. The van der Waals surface area contributed by atoms with E-state index in [1.807, 2.05) is 18.5 Å². The summed E-state index contributed by atoms with van der Waals surface area (Å²) in [7, 11) is 0. The molecule has 4 heteroatoms. The Hall–Kier alpha value is -1.13. The molecular formula is C15H24N2O2. The van der Waals surface area contributed by atoms with Gasteiger partial charge in [0.1, 0.15) is 11.9 Å². The Kier molecular flexibility index (Phi) is 5.16. The molecule has 106 valence electrons. The van der Waals surface area contributed by atoms with Crippen LogP contribution < -0.4 is 10.1 Å². The monoisotopic (exact) mass is 264 g/mol. The van der Waals surface area contributed by atoms with Crippen molar-refractivity contribution in [1.29, 1.82) is 0 Å². The van der Waals surface area contributed by atoms with Crippen molar-refractivity contribution >= 4 is 0 Å². The molecule has 2 heterocycles. The van der Waals surface area contributed by atoms with Crippen LogP contribution in [0.3, 0.4) is 0 Å². The summed E-state index contributed by atoms with van der Waals surface area (Å²) in [6.07, 6.45) is 6.28. The molecule has 0 aliphatic carbocycles. The number of nitrogens with zero attached hydrogens (tertiary/aromatic N) is 1. The summed E-state index contributed by atoms with van der Waals surface area (Å²) < 4.78 is 11.9. The van der Waals surface area contributed by atoms with Crippen molar-refractivity contribution in [3.63, 3.8) is 0 Å². The van der Waals surface area contributed by atoms with E-state index in [9.17, 15) is 0 Å². The van der Waals surface area contributed by atoms with Crippen molar-refractivity contribution in [2.24, 2.45) is 0 Å². The van der Waals surface area contributed by atoms with Crippen molar-refractivity contribution < 1.29 is 9.47 Å². The van der Waals surface area contributed by atoms with E-state index >= 15 is 0 Å². The summed E-state index contributed by atoms with van der Waals surface area (Å²) in [5, 5.41) is 3.33. The Bertz CT molecular complexity index is 387. The van der Waals surface area contributed by atoms with Gasteiger partial charge in [0.2, 0.25) is 0 Å². The average Bonchev–Trinajstić information content (AvgIpc) is 2.36. The first-order valence-electron chi connectivity index (χ1n) is 7.14. The molecule has 2 unspecified atom stereocenters. The molecule has 19 heavy (non-hydrogen) atoms. The van der Waals surface area contributed by atoms with Crippen molar-refractivity contribution in [3.05, 3.63) is 24.0 Å². The highest BCUT2D eigenvalue weighted by molar-refractivity contribution is 5.30. The predicted molar refractivity (Wildman–Crippen MR) is 75.3 cm³/mol. The fraction of sp³-hybridized carbons (Fsp3) is 0.667. The van der Waals surface area contributed by atoms with Crippen LogP contribution in [0, 0.1) is 0 Å². The van der Waals surface area contributed by atoms with Gasteiger partial charge >= 0.3 is 0 Å². The third-order valence-corrected chi connectivity index (χ3v) is 3.38. The van der Waals surface area contributed by atoms with Crippen LogP contribution in [0.25, 0.3) is 0 Å². The lowest BCUT2D eigenvalue weighted by molar-refractivity contribution is -0.0723. The number of aromatic nitrogens is 1. The molecule has 1 fully saturated rings. The highest BCUT2D eigenvalue weighted by atomic mass is 16.5. The van der Waals surface area contributed by atoms with Gasteiger partial charge in [-0.3, -0.25) is 4.98 Å². The molecule has 1 aromatic rings. The molecular weight excluding hydrogens is 240 g/mol. The SMILES string of the molecule is CCNCc1ccncc1OC1CC(C)OC(C)C1. The van der Waals surface area contributed by atoms with E-state index in [1.165, 1.54) is 5.56 Å². The number of pyridine rings is 1. The van der Waals surface area contributed by atoms with Gasteiger partial charge in [0.15, 0.2) is 0 Å². The summed E-state index contributed by atoms with van der Waals surface area (Å²) in [6, 6.07) is 2.02. The Labute approximate surface area is 115 Å². The molecule has 1 N–H and O–H groups in total. The summed E-state index contributed by atoms with van der Waals surface area (Å²) in [4.78, 5) is 4.17. The minimum atomic E-state index is 0.225. The minimum absolute atomic E-state index is 0.225. The molecule has 4 nitrogen and oxygen atoms in total. The first-order chi connectivity index (χ1) is 9.19. The van der Waals surface area contributed by atoms with E-state index in [2.05, 4.69) is 31.1 Å². The lowest BCUT2D eigenvalue weighted by Gasteiger charge is -2.32. The van der Waals surface area contributed by atoms with Crippen LogP contribution >= 0.6 is 0 Å².